The number of nitrogens with zero attached hydrogens (tertiary/aromatic N) is 1. The van der Waals surface area contributed by atoms with Crippen molar-refractivity contribution in [2.24, 2.45) is 0 Å². The predicted molar refractivity (Wildman–Crippen MR) is 71.6 cm³/mol. The van der Waals surface area contributed by atoms with Gasteiger partial charge in [-0.1, -0.05) is 0 Å². The van der Waals surface area contributed by atoms with E-state index in [1.807, 2.05) is 0 Å². The maximum atomic E-state index is 10.9. The van der Waals surface area contributed by atoms with Gasteiger partial charge in [-0.2, -0.15) is 0 Å². The molecule has 0 saturated carbocycles. The van der Waals surface area contributed by atoms with Crippen molar-refractivity contribution in [3.63, 3.8) is 0 Å². The van der Waals surface area contributed by atoms with Gasteiger partial charge in [0.05, 0.1) is 13.2 Å². The highest BCUT2D eigenvalue weighted by molar-refractivity contribution is 5.92. The van der Waals surface area contributed by atoms with Crippen molar-refractivity contribution < 1.29 is 19.4 Å². The van der Waals surface area contributed by atoms with Crippen molar-refractivity contribution >= 4 is 11.8 Å². The van der Waals surface area contributed by atoms with E-state index >= 15 is 0 Å². The van der Waals surface area contributed by atoms with E-state index in [1.165, 1.54) is 6.07 Å². The summed E-state index contributed by atoms with van der Waals surface area (Å²) in [5.41, 5.74) is 0.193. The van der Waals surface area contributed by atoms with Gasteiger partial charge in [-0.25, -0.2) is 9.78 Å². The highest BCUT2D eigenvalue weighted by Gasteiger charge is 2.09. The van der Waals surface area contributed by atoms with Gasteiger partial charge in [0.25, 0.3) is 0 Å². The second kappa shape index (κ2) is 9.29. The molecule has 0 unspecified atom stereocenters. The monoisotopic (exact) mass is 268 g/mol. The van der Waals surface area contributed by atoms with Gasteiger partial charge < -0.3 is 19.9 Å². The van der Waals surface area contributed by atoms with Crippen LogP contribution in [-0.2, 0) is 9.47 Å². The van der Waals surface area contributed by atoms with E-state index in [4.69, 9.17) is 14.6 Å². The summed E-state index contributed by atoms with van der Waals surface area (Å²) in [6.07, 6.45) is 3.37. The zero-order valence-corrected chi connectivity index (χ0v) is 11.1. The molecule has 2 N–H and O–H groups in total. The lowest BCUT2D eigenvalue weighted by molar-refractivity contribution is 0.0690. The Morgan fingerprint density at radius 3 is 2.95 bits per heavy atom. The zero-order chi connectivity index (χ0) is 13.9. The average molecular weight is 268 g/mol. The number of ether oxygens (including phenoxy) is 2. The van der Waals surface area contributed by atoms with Gasteiger partial charge in [-0.3, -0.25) is 0 Å². The molecule has 0 aliphatic carbocycles. The van der Waals surface area contributed by atoms with Crippen molar-refractivity contribution in [1.29, 1.82) is 0 Å². The van der Waals surface area contributed by atoms with E-state index in [1.54, 1.807) is 19.4 Å². The lowest BCUT2D eigenvalue weighted by Gasteiger charge is -2.08. The molecule has 1 aromatic rings. The number of hydrogen-bond donors (Lipinski definition) is 2. The van der Waals surface area contributed by atoms with Crippen LogP contribution in [0.1, 0.15) is 23.2 Å². The summed E-state index contributed by atoms with van der Waals surface area (Å²) in [5.74, 6) is -0.561. The summed E-state index contributed by atoms with van der Waals surface area (Å²) < 4.78 is 10.2. The van der Waals surface area contributed by atoms with E-state index in [0.29, 0.717) is 32.2 Å². The molecule has 0 amide bonds. The largest absolute Gasteiger partial charge is 0.478 e. The van der Waals surface area contributed by atoms with Crippen molar-refractivity contribution in [3.8, 4) is 0 Å². The average Bonchev–Trinajstić information content (AvgIpc) is 2.42. The SMILES string of the molecule is COCCOCCCCNc1ncccc1C(=O)O. The van der Waals surface area contributed by atoms with Gasteiger partial charge in [0.1, 0.15) is 11.4 Å². The summed E-state index contributed by atoms with van der Waals surface area (Å²) in [5, 5.41) is 12.0. The molecule has 0 saturated heterocycles. The predicted octanol–water partition coefficient (Wildman–Crippen LogP) is 1.63. The number of unbranched alkanes of at least 4 members (excludes halogenated alkanes) is 1. The van der Waals surface area contributed by atoms with Crippen LogP contribution in [0, 0.1) is 0 Å². The van der Waals surface area contributed by atoms with E-state index < -0.39 is 5.97 Å². The maximum absolute atomic E-state index is 10.9. The third-order valence-electron chi connectivity index (χ3n) is 2.48. The number of anilines is 1. The molecule has 0 aliphatic heterocycles. The van der Waals surface area contributed by atoms with Crippen LogP contribution >= 0.6 is 0 Å². The smallest absolute Gasteiger partial charge is 0.339 e. The van der Waals surface area contributed by atoms with Crippen LogP contribution in [0.2, 0.25) is 0 Å². The number of methoxy groups -OCH3 is 1. The number of aromatic carboxylic acids is 1. The molecule has 0 aliphatic rings. The summed E-state index contributed by atoms with van der Waals surface area (Å²) >= 11 is 0. The van der Waals surface area contributed by atoms with E-state index in [9.17, 15) is 4.79 Å². The van der Waals surface area contributed by atoms with Crippen LogP contribution in [0.15, 0.2) is 18.3 Å². The highest BCUT2D eigenvalue weighted by atomic mass is 16.5. The molecule has 6 nitrogen and oxygen atoms in total. The molecule has 1 heterocycles. The Labute approximate surface area is 112 Å². The third kappa shape index (κ3) is 6.17. The summed E-state index contributed by atoms with van der Waals surface area (Å²) in [7, 11) is 1.64. The number of aromatic nitrogens is 1. The van der Waals surface area contributed by atoms with Crippen molar-refractivity contribution in [3.05, 3.63) is 23.9 Å². The van der Waals surface area contributed by atoms with E-state index in [2.05, 4.69) is 10.3 Å². The molecule has 0 radical (unpaired) electrons. The lowest BCUT2D eigenvalue weighted by Crippen LogP contribution is -2.10. The van der Waals surface area contributed by atoms with Crippen molar-refractivity contribution in [2.75, 3.05) is 38.8 Å². The van der Waals surface area contributed by atoms with Crippen LogP contribution in [0.4, 0.5) is 5.82 Å². The molecule has 19 heavy (non-hydrogen) atoms. The minimum Gasteiger partial charge on any atom is -0.478 e. The van der Waals surface area contributed by atoms with Crippen LogP contribution in [-0.4, -0.2) is 49.5 Å². The minimum atomic E-state index is -0.974. The van der Waals surface area contributed by atoms with Crippen LogP contribution in [0.3, 0.4) is 0 Å². The first-order valence-corrected chi connectivity index (χ1v) is 6.24. The Balaban J connectivity index is 2.17. The minimum absolute atomic E-state index is 0.193. The Hall–Kier alpha value is -1.66. The molecule has 0 fully saturated rings. The number of nitrogens with one attached hydrogen (secondary N) is 1. The standard InChI is InChI=1S/C13H20N2O4/c1-18-9-10-19-8-3-2-6-14-12-11(13(16)17)5-4-7-15-12/h4-5,7H,2-3,6,8-10H2,1H3,(H,14,15)(H,16,17). The molecule has 0 bridgehead atoms. The molecular formula is C13H20N2O4. The van der Waals surface area contributed by atoms with Gasteiger partial charge in [0.15, 0.2) is 0 Å². The Morgan fingerprint density at radius 1 is 1.37 bits per heavy atom. The molecular weight excluding hydrogens is 248 g/mol. The normalized spacial score (nSPS) is 10.4. The number of hydrogen-bond acceptors (Lipinski definition) is 5. The lowest BCUT2D eigenvalue weighted by atomic mass is 10.2. The van der Waals surface area contributed by atoms with Gasteiger partial charge in [-0.15, -0.1) is 0 Å². The second-order valence-corrected chi connectivity index (χ2v) is 3.94. The van der Waals surface area contributed by atoms with Crippen LogP contribution in [0.25, 0.3) is 0 Å². The second-order valence-electron chi connectivity index (χ2n) is 3.94. The van der Waals surface area contributed by atoms with Crippen molar-refractivity contribution in [1.82, 2.24) is 4.98 Å². The van der Waals surface area contributed by atoms with E-state index in [0.717, 1.165) is 12.8 Å². The van der Waals surface area contributed by atoms with Crippen LogP contribution < -0.4 is 5.32 Å². The molecule has 0 aromatic carbocycles. The number of carboxylic acid groups (broad SMARTS) is 1. The zero-order valence-electron chi connectivity index (χ0n) is 11.1. The molecule has 106 valence electrons. The van der Waals surface area contributed by atoms with Gasteiger partial charge in [0, 0.05) is 26.5 Å². The number of carbonyl (C=O) groups is 1. The Kier molecular flexibility index (Phi) is 7.53. The quantitative estimate of drug-likeness (QED) is 0.628. The van der Waals surface area contributed by atoms with Crippen LogP contribution in [0.5, 0.6) is 0 Å². The molecule has 0 spiro atoms. The Bertz CT molecular complexity index is 385. The van der Waals surface area contributed by atoms with Crippen molar-refractivity contribution in [2.45, 2.75) is 12.8 Å². The molecule has 1 aromatic heterocycles. The van der Waals surface area contributed by atoms with Gasteiger partial charge in [-0.05, 0) is 25.0 Å². The van der Waals surface area contributed by atoms with Gasteiger partial charge in [0.2, 0.25) is 0 Å². The summed E-state index contributed by atoms with van der Waals surface area (Å²) in [4.78, 5) is 15.0. The molecule has 6 heteroatoms. The fourth-order valence-corrected chi connectivity index (χ4v) is 1.50. The third-order valence-corrected chi connectivity index (χ3v) is 2.48. The number of rotatable bonds is 10. The number of carboxylic acids is 1. The molecule has 0 atom stereocenters. The first-order valence-electron chi connectivity index (χ1n) is 6.24. The topological polar surface area (TPSA) is 80.7 Å². The van der Waals surface area contributed by atoms with Gasteiger partial charge >= 0.3 is 5.97 Å². The number of pyridine rings is 1. The fraction of sp³-hybridized carbons (Fsp3) is 0.538. The van der Waals surface area contributed by atoms with E-state index in [-0.39, 0.29) is 5.56 Å². The first kappa shape index (κ1) is 15.4. The molecule has 1 rings (SSSR count). The highest BCUT2D eigenvalue weighted by Crippen LogP contribution is 2.11. The summed E-state index contributed by atoms with van der Waals surface area (Å²) in [6, 6.07) is 3.14. The Morgan fingerprint density at radius 2 is 2.21 bits per heavy atom. The summed E-state index contributed by atoms with van der Waals surface area (Å²) in [6.45, 7) is 2.56. The maximum Gasteiger partial charge on any atom is 0.339 e. The fourth-order valence-electron chi connectivity index (χ4n) is 1.50. The first-order chi connectivity index (χ1) is 9.25.